The normalized spacial score (nSPS) is 15.1. The lowest BCUT2D eigenvalue weighted by molar-refractivity contribution is 0.0950. The Kier molecular flexibility index (Phi) is 6.50. The molecule has 1 aliphatic heterocycles. The number of carbonyl (C=O) groups is 1. The van der Waals surface area contributed by atoms with Gasteiger partial charge in [0.15, 0.2) is 0 Å². The lowest BCUT2D eigenvalue weighted by atomic mass is 9.91. The molecule has 1 saturated heterocycles. The highest BCUT2D eigenvalue weighted by atomic mass is 16.5. The summed E-state index contributed by atoms with van der Waals surface area (Å²) in [7, 11) is 1.66. The average Bonchev–Trinajstić information content (AvgIpc) is 3.13. The van der Waals surface area contributed by atoms with Crippen LogP contribution in [0.4, 0.5) is 0 Å². The molecule has 1 aromatic carbocycles. The zero-order valence-electron chi connectivity index (χ0n) is 16.5. The highest BCUT2D eigenvalue weighted by Crippen LogP contribution is 2.30. The van der Waals surface area contributed by atoms with Crippen LogP contribution in [0.1, 0.15) is 55.1 Å². The van der Waals surface area contributed by atoms with Gasteiger partial charge in [-0.2, -0.15) is 5.10 Å². The number of rotatable bonds is 7. The number of hydrogen-bond acceptors (Lipinski definition) is 4. The molecule has 1 aromatic heterocycles. The minimum Gasteiger partial charge on any atom is -0.497 e. The van der Waals surface area contributed by atoms with E-state index in [0.29, 0.717) is 23.9 Å². The van der Waals surface area contributed by atoms with E-state index in [1.807, 2.05) is 28.9 Å². The molecule has 1 amide bonds. The molecule has 0 spiro atoms. The number of nitrogens with zero attached hydrogens (tertiary/aromatic N) is 2. The van der Waals surface area contributed by atoms with Crippen LogP contribution in [0, 0.1) is 5.92 Å². The third-order valence-corrected chi connectivity index (χ3v) is 5.10. The van der Waals surface area contributed by atoms with Crippen LogP contribution < -0.4 is 15.4 Å². The summed E-state index contributed by atoms with van der Waals surface area (Å²) in [6.07, 6.45) is 4.70. The summed E-state index contributed by atoms with van der Waals surface area (Å²) in [5.74, 6) is 1.67. The Balaban J connectivity index is 1.90. The quantitative estimate of drug-likeness (QED) is 0.786. The van der Waals surface area contributed by atoms with Gasteiger partial charge in [0.25, 0.3) is 5.91 Å². The average molecular weight is 370 g/mol. The molecule has 2 N–H and O–H groups in total. The molecule has 0 aliphatic carbocycles. The SMILES string of the molecule is COc1ccc(-n2ncc(C(=O)NCCC(C)C)c2C2CCNCC2)cc1. The van der Waals surface area contributed by atoms with E-state index in [1.54, 1.807) is 13.3 Å². The maximum Gasteiger partial charge on any atom is 0.254 e. The van der Waals surface area contributed by atoms with Gasteiger partial charge in [-0.3, -0.25) is 4.79 Å². The summed E-state index contributed by atoms with van der Waals surface area (Å²) in [6.45, 7) is 6.94. The van der Waals surface area contributed by atoms with Crippen molar-refractivity contribution in [1.29, 1.82) is 0 Å². The number of methoxy groups -OCH3 is 1. The van der Waals surface area contributed by atoms with Crippen LogP contribution >= 0.6 is 0 Å². The number of amides is 1. The molecule has 0 bridgehead atoms. The second kappa shape index (κ2) is 9.04. The highest BCUT2D eigenvalue weighted by Gasteiger charge is 2.26. The Morgan fingerprint density at radius 3 is 2.63 bits per heavy atom. The number of aromatic nitrogens is 2. The smallest absolute Gasteiger partial charge is 0.254 e. The second-order valence-electron chi connectivity index (χ2n) is 7.52. The maximum absolute atomic E-state index is 12.8. The zero-order chi connectivity index (χ0) is 19.2. The van der Waals surface area contributed by atoms with E-state index >= 15 is 0 Å². The van der Waals surface area contributed by atoms with Gasteiger partial charge < -0.3 is 15.4 Å². The molecule has 27 heavy (non-hydrogen) atoms. The van der Waals surface area contributed by atoms with Gasteiger partial charge in [0.05, 0.1) is 30.3 Å². The predicted molar refractivity (Wildman–Crippen MR) is 107 cm³/mol. The first kappa shape index (κ1) is 19.4. The lowest BCUT2D eigenvalue weighted by Gasteiger charge is -2.24. The Hall–Kier alpha value is -2.34. The molecule has 6 heteroatoms. The summed E-state index contributed by atoms with van der Waals surface area (Å²) in [5, 5.41) is 11.0. The molecule has 1 fully saturated rings. The van der Waals surface area contributed by atoms with Gasteiger partial charge in [0, 0.05) is 12.5 Å². The standard InChI is InChI=1S/C21H30N4O2/c1-15(2)8-13-23-21(26)19-14-24-25(17-4-6-18(27-3)7-5-17)20(19)16-9-11-22-12-10-16/h4-7,14-16,22H,8-13H2,1-3H3,(H,23,26). The van der Waals surface area contributed by atoms with Gasteiger partial charge in [-0.1, -0.05) is 13.8 Å². The largest absolute Gasteiger partial charge is 0.497 e. The zero-order valence-corrected chi connectivity index (χ0v) is 16.5. The first-order chi connectivity index (χ1) is 13.1. The van der Waals surface area contributed by atoms with Crippen LogP contribution in [0.2, 0.25) is 0 Å². The molecule has 6 nitrogen and oxygen atoms in total. The van der Waals surface area contributed by atoms with Gasteiger partial charge in [0.1, 0.15) is 5.75 Å². The van der Waals surface area contributed by atoms with Crippen molar-refractivity contribution < 1.29 is 9.53 Å². The molecule has 0 unspecified atom stereocenters. The molecule has 2 heterocycles. The van der Waals surface area contributed by atoms with Crippen LogP contribution in [0.25, 0.3) is 5.69 Å². The van der Waals surface area contributed by atoms with Crippen molar-refractivity contribution in [2.24, 2.45) is 5.92 Å². The first-order valence-corrected chi connectivity index (χ1v) is 9.81. The summed E-state index contributed by atoms with van der Waals surface area (Å²) in [5.41, 5.74) is 2.66. The van der Waals surface area contributed by atoms with E-state index in [9.17, 15) is 4.79 Å². The van der Waals surface area contributed by atoms with Crippen LogP contribution in [0.5, 0.6) is 5.75 Å². The van der Waals surface area contributed by atoms with Crippen molar-refractivity contribution in [2.45, 2.75) is 39.0 Å². The minimum atomic E-state index is -0.0241. The summed E-state index contributed by atoms with van der Waals surface area (Å²) in [4.78, 5) is 12.8. The predicted octanol–water partition coefficient (Wildman–Crippen LogP) is 3.12. The second-order valence-corrected chi connectivity index (χ2v) is 7.52. The number of piperidine rings is 1. The van der Waals surface area contributed by atoms with Crippen LogP contribution in [-0.4, -0.2) is 42.4 Å². The third kappa shape index (κ3) is 4.69. The Labute approximate surface area is 161 Å². The van der Waals surface area contributed by atoms with Crippen molar-refractivity contribution in [1.82, 2.24) is 20.4 Å². The Morgan fingerprint density at radius 2 is 2.00 bits per heavy atom. The van der Waals surface area contributed by atoms with Crippen molar-refractivity contribution in [3.05, 3.63) is 41.7 Å². The van der Waals surface area contributed by atoms with Crippen LogP contribution in [0.15, 0.2) is 30.5 Å². The third-order valence-electron chi connectivity index (χ3n) is 5.10. The fourth-order valence-electron chi connectivity index (χ4n) is 3.52. The minimum absolute atomic E-state index is 0.0241. The molecular formula is C21H30N4O2. The molecular weight excluding hydrogens is 340 g/mol. The fraction of sp³-hybridized carbons (Fsp3) is 0.524. The van der Waals surface area contributed by atoms with E-state index < -0.39 is 0 Å². The summed E-state index contributed by atoms with van der Waals surface area (Å²) >= 11 is 0. The topological polar surface area (TPSA) is 68.2 Å². The van der Waals surface area contributed by atoms with Gasteiger partial charge in [-0.05, 0) is 62.5 Å². The van der Waals surface area contributed by atoms with Gasteiger partial charge >= 0.3 is 0 Å². The van der Waals surface area contributed by atoms with Crippen molar-refractivity contribution in [2.75, 3.05) is 26.7 Å². The van der Waals surface area contributed by atoms with Crippen LogP contribution in [-0.2, 0) is 0 Å². The van der Waals surface area contributed by atoms with E-state index in [1.165, 1.54) is 0 Å². The van der Waals surface area contributed by atoms with Gasteiger partial charge in [0.2, 0.25) is 0 Å². The van der Waals surface area contributed by atoms with Gasteiger partial charge in [-0.25, -0.2) is 4.68 Å². The van der Waals surface area contributed by atoms with E-state index in [0.717, 1.165) is 49.5 Å². The Morgan fingerprint density at radius 1 is 1.30 bits per heavy atom. The Bertz CT molecular complexity index is 746. The molecule has 0 radical (unpaired) electrons. The summed E-state index contributed by atoms with van der Waals surface area (Å²) < 4.78 is 7.18. The van der Waals surface area contributed by atoms with E-state index in [2.05, 4.69) is 29.6 Å². The van der Waals surface area contributed by atoms with Gasteiger partial charge in [-0.15, -0.1) is 0 Å². The van der Waals surface area contributed by atoms with Crippen molar-refractivity contribution >= 4 is 5.91 Å². The molecule has 146 valence electrons. The number of nitrogens with one attached hydrogen (secondary N) is 2. The fourth-order valence-corrected chi connectivity index (χ4v) is 3.52. The monoisotopic (exact) mass is 370 g/mol. The number of ether oxygens (including phenoxy) is 1. The van der Waals surface area contributed by atoms with E-state index in [4.69, 9.17) is 4.74 Å². The maximum atomic E-state index is 12.8. The van der Waals surface area contributed by atoms with Crippen molar-refractivity contribution in [3.8, 4) is 11.4 Å². The molecule has 0 saturated carbocycles. The molecule has 2 aromatic rings. The van der Waals surface area contributed by atoms with E-state index in [-0.39, 0.29) is 5.91 Å². The lowest BCUT2D eigenvalue weighted by Crippen LogP contribution is -2.30. The molecule has 1 aliphatic rings. The first-order valence-electron chi connectivity index (χ1n) is 9.81. The van der Waals surface area contributed by atoms with Crippen LogP contribution in [0.3, 0.4) is 0 Å². The molecule has 3 rings (SSSR count). The number of benzene rings is 1. The highest BCUT2D eigenvalue weighted by molar-refractivity contribution is 5.95. The number of carbonyl (C=O) groups excluding carboxylic acids is 1. The number of hydrogen-bond donors (Lipinski definition) is 2. The molecule has 0 atom stereocenters. The summed E-state index contributed by atoms with van der Waals surface area (Å²) in [6, 6.07) is 7.81. The van der Waals surface area contributed by atoms with Crippen molar-refractivity contribution in [3.63, 3.8) is 0 Å².